The van der Waals surface area contributed by atoms with Crippen molar-refractivity contribution in [3.05, 3.63) is 83.4 Å². The van der Waals surface area contributed by atoms with Crippen LogP contribution in [0.25, 0.3) is 12.2 Å². The summed E-state index contributed by atoms with van der Waals surface area (Å²) in [6, 6.07) is 19.1. The molecule has 0 heteroatoms. The molecule has 0 unspecified atom stereocenters. The summed E-state index contributed by atoms with van der Waals surface area (Å²) in [5.74, 6) is 0.594. The van der Waals surface area contributed by atoms with Crippen molar-refractivity contribution < 1.29 is 0 Å². The van der Waals surface area contributed by atoms with Gasteiger partial charge >= 0.3 is 0 Å². The van der Waals surface area contributed by atoms with E-state index in [4.69, 9.17) is 0 Å². The van der Waals surface area contributed by atoms with Crippen LogP contribution in [0.15, 0.2) is 66.7 Å². The number of rotatable bonds is 4. The maximum atomic E-state index is 2.22. The second-order valence-electron chi connectivity index (χ2n) is 4.95. The van der Waals surface area contributed by atoms with E-state index < -0.39 is 0 Å². The summed E-state index contributed by atoms with van der Waals surface area (Å²) in [5, 5.41) is 0. The van der Waals surface area contributed by atoms with Crippen molar-refractivity contribution in [1.29, 1.82) is 0 Å². The zero-order valence-electron chi connectivity index (χ0n) is 11.6. The van der Waals surface area contributed by atoms with Gasteiger partial charge in [-0.3, -0.25) is 0 Å². The Morgan fingerprint density at radius 3 is 1.74 bits per heavy atom. The zero-order chi connectivity index (χ0) is 13.5. The Balaban J connectivity index is 1.97. The third-order valence-electron chi connectivity index (χ3n) is 3.09. The predicted molar refractivity (Wildman–Crippen MR) is 85.0 cm³/mol. The van der Waals surface area contributed by atoms with Gasteiger partial charge in [-0.25, -0.2) is 0 Å². The predicted octanol–water partition coefficient (Wildman–Crippen LogP) is 5.54. The minimum absolute atomic E-state index is 0.594. The molecule has 0 saturated carbocycles. The molecule has 0 aliphatic carbocycles. The molecule has 0 bridgehead atoms. The normalized spacial score (nSPS) is 11.7. The molecule has 0 aromatic heterocycles. The highest BCUT2D eigenvalue weighted by molar-refractivity contribution is 5.57. The summed E-state index contributed by atoms with van der Waals surface area (Å²) in [6.07, 6.45) is 8.39. The van der Waals surface area contributed by atoms with Crippen molar-refractivity contribution in [2.24, 2.45) is 0 Å². The quantitative estimate of drug-likeness (QED) is 0.623. The largest absolute Gasteiger partial charge is 0.0622 e. The molecule has 96 valence electrons. The molecule has 0 spiro atoms. The van der Waals surface area contributed by atoms with Crippen molar-refractivity contribution in [3.63, 3.8) is 0 Å². The van der Waals surface area contributed by atoms with Crippen LogP contribution < -0.4 is 0 Å². The summed E-state index contributed by atoms with van der Waals surface area (Å²) in [5.41, 5.74) is 3.85. The SMILES string of the molecule is CC(C)c1ccc(/C=C/C=C/c2ccccc2)cc1. The molecule has 0 atom stereocenters. The second-order valence-corrected chi connectivity index (χ2v) is 4.95. The van der Waals surface area contributed by atoms with Crippen molar-refractivity contribution in [1.82, 2.24) is 0 Å². The molecule has 0 amide bonds. The smallest absolute Gasteiger partial charge is 0.0219 e. The Morgan fingerprint density at radius 1 is 0.684 bits per heavy atom. The fraction of sp³-hybridized carbons (Fsp3) is 0.158. The van der Waals surface area contributed by atoms with Crippen molar-refractivity contribution in [2.75, 3.05) is 0 Å². The van der Waals surface area contributed by atoms with E-state index in [0.717, 1.165) is 0 Å². The third kappa shape index (κ3) is 4.26. The van der Waals surface area contributed by atoms with Crippen LogP contribution in [-0.2, 0) is 0 Å². The second kappa shape index (κ2) is 6.75. The lowest BCUT2D eigenvalue weighted by molar-refractivity contribution is 0.866. The van der Waals surface area contributed by atoms with E-state index in [9.17, 15) is 0 Å². The minimum Gasteiger partial charge on any atom is -0.0622 e. The molecule has 0 radical (unpaired) electrons. The average molecular weight is 248 g/mol. The summed E-state index contributed by atoms with van der Waals surface area (Å²) < 4.78 is 0. The zero-order valence-corrected chi connectivity index (χ0v) is 11.6. The fourth-order valence-electron chi connectivity index (χ4n) is 1.89. The van der Waals surface area contributed by atoms with Crippen molar-refractivity contribution in [2.45, 2.75) is 19.8 Å². The highest BCUT2D eigenvalue weighted by Gasteiger charge is 1.96. The number of allylic oxidation sites excluding steroid dienone is 2. The van der Waals surface area contributed by atoms with E-state index >= 15 is 0 Å². The Hall–Kier alpha value is -2.08. The highest BCUT2D eigenvalue weighted by atomic mass is 14.0. The molecule has 0 saturated heterocycles. The molecule has 2 aromatic carbocycles. The topological polar surface area (TPSA) is 0 Å². The Labute approximate surface area is 116 Å². The fourth-order valence-corrected chi connectivity index (χ4v) is 1.89. The van der Waals surface area contributed by atoms with Gasteiger partial charge in [-0.15, -0.1) is 0 Å². The molecule has 0 nitrogen and oxygen atoms in total. The molecule has 2 aromatic rings. The van der Waals surface area contributed by atoms with E-state index in [2.05, 4.69) is 74.5 Å². The lowest BCUT2D eigenvalue weighted by Gasteiger charge is -2.04. The monoisotopic (exact) mass is 248 g/mol. The van der Waals surface area contributed by atoms with E-state index in [1.54, 1.807) is 0 Å². The molecule has 2 rings (SSSR count). The summed E-state index contributed by atoms with van der Waals surface area (Å²) in [4.78, 5) is 0. The van der Waals surface area contributed by atoms with Gasteiger partial charge in [0.25, 0.3) is 0 Å². The Kier molecular flexibility index (Phi) is 4.74. The van der Waals surface area contributed by atoms with Crippen molar-refractivity contribution >= 4 is 12.2 Å². The molecule has 0 N–H and O–H groups in total. The van der Waals surface area contributed by atoms with Gasteiger partial charge in [0, 0.05) is 0 Å². The Bertz CT molecular complexity index is 542. The maximum absolute atomic E-state index is 2.22. The first-order valence-electron chi connectivity index (χ1n) is 6.75. The first kappa shape index (κ1) is 13.4. The van der Waals surface area contributed by atoms with E-state index in [1.807, 2.05) is 18.2 Å². The van der Waals surface area contributed by atoms with Gasteiger partial charge in [-0.2, -0.15) is 0 Å². The average Bonchev–Trinajstić information content (AvgIpc) is 2.45. The van der Waals surface area contributed by atoms with Crippen LogP contribution in [0.5, 0.6) is 0 Å². The molecule has 0 aliphatic rings. The van der Waals surface area contributed by atoms with Gasteiger partial charge in [0.05, 0.1) is 0 Å². The molecule has 0 heterocycles. The van der Waals surface area contributed by atoms with Gasteiger partial charge < -0.3 is 0 Å². The van der Waals surface area contributed by atoms with Gasteiger partial charge in [-0.05, 0) is 22.6 Å². The van der Waals surface area contributed by atoms with Crippen LogP contribution in [-0.4, -0.2) is 0 Å². The van der Waals surface area contributed by atoms with Crippen molar-refractivity contribution in [3.8, 4) is 0 Å². The van der Waals surface area contributed by atoms with Gasteiger partial charge in [0.1, 0.15) is 0 Å². The summed E-state index contributed by atoms with van der Waals surface area (Å²) in [6.45, 7) is 4.43. The maximum Gasteiger partial charge on any atom is -0.0219 e. The molecular weight excluding hydrogens is 228 g/mol. The minimum atomic E-state index is 0.594. The molecule has 0 aliphatic heterocycles. The number of hydrogen-bond acceptors (Lipinski definition) is 0. The summed E-state index contributed by atoms with van der Waals surface area (Å²) >= 11 is 0. The van der Waals surface area contributed by atoms with Gasteiger partial charge in [-0.1, -0.05) is 92.7 Å². The number of hydrogen-bond donors (Lipinski definition) is 0. The molecule has 0 fully saturated rings. The summed E-state index contributed by atoms with van der Waals surface area (Å²) in [7, 11) is 0. The lowest BCUT2D eigenvalue weighted by Crippen LogP contribution is -1.85. The van der Waals surface area contributed by atoms with Crippen LogP contribution in [0.3, 0.4) is 0 Å². The standard InChI is InChI=1S/C19H20/c1-16(2)19-14-12-18(13-15-19)11-7-6-10-17-8-4-3-5-9-17/h3-16H,1-2H3/b10-6+,11-7+. The van der Waals surface area contributed by atoms with Gasteiger partial charge in [0.15, 0.2) is 0 Å². The van der Waals surface area contributed by atoms with E-state index in [-0.39, 0.29) is 0 Å². The van der Waals surface area contributed by atoms with Crippen LogP contribution in [0.2, 0.25) is 0 Å². The lowest BCUT2D eigenvalue weighted by atomic mass is 10.0. The molecule has 19 heavy (non-hydrogen) atoms. The molecular formula is C19H20. The number of benzene rings is 2. The Morgan fingerprint density at radius 2 is 1.21 bits per heavy atom. The van der Waals surface area contributed by atoms with Crippen LogP contribution in [0.4, 0.5) is 0 Å². The third-order valence-corrected chi connectivity index (χ3v) is 3.09. The first-order chi connectivity index (χ1) is 9.25. The van der Waals surface area contributed by atoms with E-state index in [1.165, 1.54) is 16.7 Å². The van der Waals surface area contributed by atoms with Crippen LogP contribution >= 0.6 is 0 Å². The first-order valence-corrected chi connectivity index (χ1v) is 6.75. The van der Waals surface area contributed by atoms with Crippen LogP contribution in [0, 0.1) is 0 Å². The van der Waals surface area contributed by atoms with E-state index in [0.29, 0.717) is 5.92 Å². The van der Waals surface area contributed by atoms with Crippen LogP contribution in [0.1, 0.15) is 36.5 Å². The highest BCUT2D eigenvalue weighted by Crippen LogP contribution is 2.15. The van der Waals surface area contributed by atoms with Gasteiger partial charge in [0.2, 0.25) is 0 Å².